The molecule has 0 saturated carbocycles. The van der Waals surface area contributed by atoms with Gasteiger partial charge in [-0.2, -0.15) is 0 Å². The number of methoxy groups -OCH3 is 1. The Morgan fingerprint density at radius 2 is 1.94 bits per heavy atom. The lowest BCUT2D eigenvalue weighted by atomic mass is 10.1. The molecule has 0 aliphatic rings. The molecule has 0 aliphatic heterocycles. The van der Waals surface area contributed by atoms with Crippen LogP contribution in [0.25, 0.3) is 0 Å². The summed E-state index contributed by atoms with van der Waals surface area (Å²) in [5.74, 6) is -0.301. The molecule has 1 aromatic carbocycles. The topological polar surface area (TPSA) is 30.2 Å². The summed E-state index contributed by atoms with van der Waals surface area (Å²) in [5, 5.41) is 0. The van der Waals surface area contributed by atoms with Crippen molar-refractivity contribution in [3.05, 3.63) is 66.0 Å². The minimum atomic E-state index is -0.301. The quantitative estimate of drug-likeness (QED) is 0.592. The molecule has 0 aliphatic carbocycles. The standard InChI is InChI=1S/C14H14NO2/c1-17-14(16)13-7-5-6-12(10-13)11-15-8-3-2-4-9-15/h2-10H,11H2,1H3/q+1. The Morgan fingerprint density at radius 1 is 1.18 bits per heavy atom. The fraction of sp³-hybridized carbons (Fsp3) is 0.143. The first-order chi connectivity index (χ1) is 8.29. The molecule has 0 unspecified atom stereocenters. The van der Waals surface area contributed by atoms with Crippen molar-refractivity contribution in [2.24, 2.45) is 0 Å². The van der Waals surface area contributed by atoms with Gasteiger partial charge in [0.15, 0.2) is 18.9 Å². The molecule has 1 heterocycles. The second-order valence-corrected chi connectivity index (χ2v) is 3.74. The van der Waals surface area contributed by atoms with Crippen molar-refractivity contribution >= 4 is 5.97 Å². The van der Waals surface area contributed by atoms with E-state index in [0.29, 0.717) is 5.56 Å². The molecule has 2 aromatic rings. The SMILES string of the molecule is COC(=O)c1cccc(C[n+]2ccccc2)c1. The van der Waals surface area contributed by atoms with Gasteiger partial charge in [-0.3, -0.25) is 0 Å². The molecule has 0 saturated heterocycles. The van der Waals surface area contributed by atoms with Crippen LogP contribution in [0.1, 0.15) is 15.9 Å². The molecule has 1 aromatic heterocycles. The van der Waals surface area contributed by atoms with Gasteiger partial charge in [-0.25, -0.2) is 9.36 Å². The number of aromatic nitrogens is 1. The van der Waals surface area contributed by atoms with E-state index < -0.39 is 0 Å². The average molecular weight is 228 g/mol. The van der Waals surface area contributed by atoms with E-state index >= 15 is 0 Å². The number of carbonyl (C=O) groups is 1. The van der Waals surface area contributed by atoms with Crippen LogP contribution in [0.15, 0.2) is 54.9 Å². The molecular weight excluding hydrogens is 214 g/mol. The van der Waals surface area contributed by atoms with Crippen molar-refractivity contribution in [2.45, 2.75) is 6.54 Å². The predicted molar refractivity (Wildman–Crippen MR) is 63.5 cm³/mol. The maximum absolute atomic E-state index is 11.4. The number of esters is 1. The highest BCUT2D eigenvalue weighted by molar-refractivity contribution is 5.89. The lowest BCUT2D eigenvalue weighted by Gasteiger charge is -2.01. The van der Waals surface area contributed by atoms with Gasteiger partial charge < -0.3 is 4.74 Å². The predicted octanol–water partition coefficient (Wildman–Crippen LogP) is 1.81. The molecule has 17 heavy (non-hydrogen) atoms. The third-order valence-electron chi connectivity index (χ3n) is 2.49. The smallest absolute Gasteiger partial charge is 0.337 e. The normalized spacial score (nSPS) is 9.94. The fourth-order valence-electron chi connectivity index (χ4n) is 1.67. The second-order valence-electron chi connectivity index (χ2n) is 3.74. The molecule has 0 atom stereocenters. The van der Waals surface area contributed by atoms with Crippen LogP contribution in [0.2, 0.25) is 0 Å². The van der Waals surface area contributed by atoms with Gasteiger partial charge in [0.2, 0.25) is 0 Å². The lowest BCUT2D eigenvalue weighted by molar-refractivity contribution is -0.688. The van der Waals surface area contributed by atoms with Gasteiger partial charge in [0.1, 0.15) is 0 Å². The second kappa shape index (κ2) is 5.25. The fourth-order valence-corrected chi connectivity index (χ4v) is 1.67. The van der Waals surface area contributed by atoms with E-state index in [9.17, 15) is 4.79 Å². The summed E-state index contributed by atoms with van der Waals surface area (Å²) in [6.45, 7) is 0.742. The van der Waals surface area contributed by atoms with E-state index in [1.165, 1.54) is 7.11 Å². The number of hydrogen-bond acceptors (Lipinski definition) is 2. The Hall–Kier alpha value is -2.16. The van der Waals surface area contributed by atoms with Crippen LogP contribution < -0.4 is 4.57 Å². The zero-order valence-corrected chi connectivity index (χ0v) is 9.67. The number of ether oxygens (including phenoxy) is 1. The minimum absolute atomic E-state index is 0.301. The molecule has 3 heteroatoms. The van der Waals surface area contributed by atoms with Crippen LogP contribution in [-0.4, -0.2) is 13.1 Å². The van der Waals surface area contributed by atoms with Crippen LogP contribution in [0.5, 0.6) is 0 Å². The van der Waals surface area contributed by atoms with Crippen molar-refractivity contribution in [3.8, 4) is 0 Å². The van der Waals surface area contributed by atoms with E-state index in [0.717, 1.165) is 12.1 Å². The zero-order chi connectivity index (χ0) is 12.1. The molecule has 0 fully saturated rings. The maximum Gasteiger partial charge on any atom is 0.337 e. The van der Waals surface area contributed by atoms with Gasteiger partial charge in [-0.05, 0) is 12.1 Å². The first-order valence-corrected chi connectivity index (χ1v) is 5.41. The number of hydrogen-bond donors (Lipinski definition) is 0. The van der Waals surface area contributed by atoms with E-state index in [1.807, 2.05) is 48.8 Å². The Balaban J connectivity index is 2.20. The molecule has 0 spiro atoms. The van der Waals surface area contributed by atoms with Crippen LogP contribution in [0.3, 0.4) is 0 Å². The lowest BCUT2D eigenvalue weighted by Crippen LogP contribution is -2.32. The van der Waals surface area contributed by atoms with Crippen LogP contribution >= 0.6 is 0 Å². The van der Waals surface area contributed by atoms with E-state index in [-0.39, 0.29) is 5.97 Å². The zero-order valence-electron chi connectivity index (χ0n) is 9.67. The number of nitrogens with zero attached hydrogens (tertiary/aromatic N) is 1. The molecule has 0 radical (unpaired) electrons. The first kappa shape index (κ1) is 11.3. The highest BCUT2D eigenvalue weighted by atomic mass is 16.5. The van der Waals surface area contributed by atoms with Crippen molar-refractivity contribution in [2.75, 3.05) is 7.11 Å². The molecule has 86 valence electrons. The maximum atomic E-state index is 11.4. The number of pyridine rings is 1. The Morgan fingerprint density at radius 3 is 2.65 bits per heavy atom. The summed E-state index contributed by atoms with van der Waals surface area (Å²) in [7, 11) is 1.39. The Kier molecular flexibility index (Phi) is 3.50. The number of carbonyl (C=O) groups excluding carboxylic acids is 1. The first-order valence-electron chi connectivity index (χ1n) is 5.41. The van der Waals surface area contributed by atoms with E-state index in [1.54, 1.807) is 6.07 Å². The largest absolute Gasteiger partial charge is 0.465 e. The van der Waals surface area contributed by atoms with Gasteiger partial charge in [0.25, 0.3) is 0 Å². The minimum Gasteiger partial charge on any atom is -0.465 e. The molecule has 3 nitrogen and oxygen atoms in total. The average Bonchev–Trinajstić information content (AvgIpc) is 2.39. The molecular formula is C14H14NO2+. The summed E-state index contributed by atoms with van der Waals surface area (Å²) >= 11 is 0. The Bertz CT molecular complexity index is 509. The summed E-state index contributed by atoms with van der Waals surface area (Å²) in [6, 6.07) is 13.4. The highest BCUT2D eigenvalue weighted by Crippen LogP contribution is 2.06. The van der Waals surface area contributed by atoms with Crippen molar-refractivity contribution in [1.82, 2.24) is 0 Å². The monoisotopic (exact) mass is 228 g/mol. The van der Waals surface area contributed by atoms with Gasteiger partial charge >= 0.3 is 5.97 Å². The van der Waals surface area contributed by atoms with Crippen LogP contribution in [0, 0.1) is 0 Å². The summed E-state index contributed by atoms with van der Waals surface area (Å²) < 4.78 is 6.75. The molecule has 0 N–H and O–H groups in total. The van der Waals surface area contributed by atoms with Crippen molar-refractivity contribution in [1.29, 1.82) is 0 Å². The van der Waals surface area contributed by atoms with Crippen LogP contribution in [-0.2, 0) is 11.3 Å². The molecule has 2 rings (SSSR count). The molecule has 0 bridgehead atoms. The summed E-state index contributed by atoms with van der Waals surface area (Å²) in [6.07, 6.45) is 3.98. The molecule has 0 amide bonds. The number of rotatable bonds is 3. The van der Waals surface area contributed by atoms with Gasteiger partial charge in [0, 0.05) is 17.7 Å². The van der Waals surface area contributed by atoms with E-state index in [4.69, 9.17) is 4.74 Å². The van der Waals surface area contributed by atoms with Gasteiger partial charge in [-0.1, -0.05) is 18.2 Å². The summed E-state index contributed by atoms with van der Waals surface area (Å²) in [4.78, 5) is 11.4. The summed E-state index contributed by atoms with van der Waals surface area (Å²) in [5.41, 5.74) is 1.66. The van der Waals surface area contributed by atoms with Gasteiger partial charge in [-0.15, -0.1) is 0 Å². The third-order valence-corrected chi connectivity index (χ3v) is 2.49. The Labute approximate surface area is 100 Å². The van der Waals surface area contributed by atoms with Crippen LogP contribution in [0.4, 0.5) is 0 Å². The van der Waals surface area contributed by atoms with Gasteiger partial charge in [0.05, 0.1) is 12.7 Å². The van der Waals surface area contributed by atoms with Crippen molar-refractivity contribution < 1.29 is 14.1 Å². The third kappa shape index (κ3) is 2.91. The van der Waals surface area contributed by atoms with Crippen molar-refractivity contribution in [3.63, 3.8) is 0 Å². The number of benzene rings is 1. The highest BCUT2D eigenvalue weighted by Gasteiger charge is 2.07. The van der Waals surface area contributed by atoms with E-state index in [2.05, 4.69) is 4.57 Å².